The van der Waals surface area contributed by atoms with E-state index in [1.807, 2.05) is 29.2 Å². The molecule has 138 valence electrons. The molecule has 2 saturated heterocycles. The van der Waals surface area contributed by atoms with E-state index in [0.29, 0.717) is 13.1 Å². The van der Waals surface area contributed by atoms with Gasteiger partial charge < -0.3 is 10.2 Å². The first-order chi connectivity index (χ1) is 12.7. The third-order valence-corrected chi connectivity index (χ3v) is 5.27. The largest absolute Gasteiger partial charge is 0.351 e. The van der Waals surface area contributed by atoms with Crippen molar-refractivity contribution in [1.29, 1.82) is 0 Å². The lowest BCUT2D eigenvalue weighted by Gasteiger charge is -2.33. The highest BCUT2D eigenvalue weighted by Crippen LogP contribution is 2.17. The van der Waals surface area contributed by atoms with Gasteiger partial charge in [-0.3, -0.25) is 14.5 Å². The minimum Gasteiger partial charge on any atom is -0.351 e. The summed E-state index contributed by atoms with van der Waals surface area (Å²) in [4.78, 5) is 28.9. The number of benzene rings is 1. The zero-order valence-corrected chi connectivity index (χ0v) is 15.2. The summed E-state index contributed by atoms with van der Waals surface area (Å²) in [6, 6.07) is 7.42. The van der Waals surface area contributed by atoms with Gasteiger partial charge in [0.2, 0.25) is 5.91 Å². The number of rotatable bonds is 5. The van der Waals surface area contributed by atoms with Crippen LogP contribution in [0.15, 0.2) is 24.3 Å². The maximum Gasteiger partial charge on any atom is 0.253 e. The minimum atomic E-state index is -0.129. The molecule has 0 saturated carbocycles. The number of likely N-dealkylation sites (tertiary alicyclic amines) is 2. The lowest BCUT2D eigenvalue weighted by atomic mass is 10.0. The van der Waals surface area contributed by atoms with Crippen LogP contribution in [0.2, 0.25) is 0 Å². The van der Waals surface area contributed by atoms with E-state index in [2.05, 4.69) is 16.1 Å². The molecule has 1 unspecified atom stereocenters. The van der Waals surface area contributed by atoms with Crippen LogP contribution in [0.3, 0.4) is 0 Å². The Morgan fingerprint density at radius 2 is 1.77 bits per heavy atom. The summed E-state index contributed by atoms with van der Waals surface area (Å²) < 4.78 is 0. The lowest BCUT2D eigenvalue weighted by Crippen LogP contribution is -2.49. The van der Waals surface area contributed by atoms with Gasteiger partial charge in [0.25, 0.3) is 5.91 Å². The fourth-order valence-corrected chi connectivity index (χ4v) is 3.77. The number of piperidine rings is 1. The average Bonchev–Trinajstić information content (AvgIpc) is 3.21. The Kier molecular flexibility index (Phi) is 6.30. The van der Waals surface area contributed by atoms with Crippen molar-refractivity contribution < 1.29 is 9.59 Å². The van der Waals surface area contributed by atoms with Gasteiger partial charge in [0.15, 0.2) is 0 Å². The number of hydrogen-bond donors (Lipinski definition) is 1. The van der Waals surface area contributed by atoms with Gasteiger partial charge in [0, 0.05) is 25.2 Å². The minimum absolute atomic E-state index is 0.0390. The summed E-state index contributed by atoms with van der Waals surface area (Å²) in [6.45, 7) is 3.58. The molecular weight excluding hydrogens is 326 g/mol. The Balaban J connectivity index is 1.53. The molecule has 2 fully saturated rings. The normalized spacial score (nSPS) is 20.6. The molecule has 1 aromatic carbocycles. The second-order valence-electron chi connectivity index (χ2n) is 7.10. The van der Waals surface area contributed by atoms with Crippen molar-refractivity contribution in [2.75, 3.05) is 26.2 Å². The highest BCUT2D eigenvalue weighted by atomic mass is 16.2. The number of terminal acetylenes is 1. The number of hydrogen-bond acceptors (Lipinski definition) is 3. The molecule has 2 amide bonds. The Hall–Kier alpha value is -2.32. The van der Waals surface area contributed by atoms with E-state index in [-0.39, 0.29) is 17.9 Å². The van der Waals surface area contributed by atoms with Gasteiger partial charge in [-0.15, -0.1) is 6.42 Å². The monoisotopic (exact) mass is 353 g/mol. The predicted octanol–water partition coefficient (Wildman–Crippen LogP) is 2.03. The molecule has 2 heterocycles. The summed E-state index contributed by atoms with van der Waals surface area (Å²) in [5.41, 5.74) is 1.71. The molecule has 0 bridgehead atoms. The molecular formula is C21H27N3O2. The zero-order valence-electron chi connectivity index (χ0n) is 15.2. The number of nitrogens with zero attached hydrogens (tertiary/aromatic N) is 2. The van der Waals surface area contributed by atoms with E-state index >= 15 is 0 Å². The van der Waals surface area contributed by atoms with Crippen LogP contribution in [0, 0.1) is 12.3 Å². The zero-order chi connectivity index (χ0) is 18.4. The Bertz CT molecular complexity index is 671. The Morgan fingerprint density at radius 1 is 1.08 bits per heavy atom. The molecule has 5 nitrogen and oxygen atoms in total. The summed E-state index contributed by atoms with van der Waals surface area (Å²) in [5, 5.41) is 3.02. The van der Waals surface area contributed by atoms with E-state index < -0.39 is 0 Å². The molecule has 0 aromatic heterocycles. The average molecular weight is 353 g/mol. The smallest absolute Gasteiger partial charge is 0.253 e. The maximum absolute atomic E-state index is 12.5. The van der Waals surface area contributed by atoms with Crippen molar-refractivity contribution in [1.82, 2.24) is 15.1 Å². The molecule has 1 aromatic rings. The highest BCUT2D eigenvalue weighted by molar-refractivity contribution is 5.94. The quantitative estimate of drug-likeness (QED) is 0.824. The number of amides is 2. The summed E-state index contributed by atoms with van der Waals surface area (Å²) >= 11 is 0. The second kappa shape index (κ2) is 8.86. The van der Waals surface area contributed by atoms with Crippen LogP contribution in [0.25, 0.3) is 0 Å². The fraction of sp³-hybridized carbons (Fsp3) is 0.524. The Labute approximate surface area is 155 Å². The summed E-state index contributed by atoms with van der Waals surface area (Å²) in [7, 11) is 0. The molecule has 26 heavy (non-hydrogen) atoms. The van der Waals surface area contributed by atoms with Crippen LogP contribution in [-0.2, 0) is 11.3 Å². The SMILES string of the molecule is C#CCN1CCCCC1C(=O)NCc1ccc(C(=O)N2CCCC2)cc1. The molecule has 5 heteroatoms. The number of carbonyl (C=O) groups excluding carboxylic acids is 2. The van der Waals surface area contributed by atoms with Gasteiger partial charge in [-0.2, -0.15) is 0 Å². The lowest BCUT2D eigenvalue weighted by molar-refractivity contribution is -0.127. The maximum atomic E-state index is 12.5. The van der Waals surface area contributed by atoms with Crippen molar-refractivity contribution in [3.05, 3.63) is 35.4 Å². The van der Waals surface area contributed by atoms with Crippen LogP contribution in [-0.4, -0.2) is 53.8 Å². The van der Waals surface area contributed by atoms with Crippen molar-refractivity contribution >= 4 is 11.8 Å². The Morgan fingerprint density at radius 3 is 2.46 bits per heavy atom. The first-order valence-electron chi connectivity index (χ1n) is 9.52. The van der Waals surface area contributed by atoms with E-state index in [4.69, 9.17) is 6.42 Å². The van der Waals surface area contributed by atoms with E-state index in [9.17, 15) is 9.59 Å². The van der Waals surface area contributed by atoms with Gasteiger partial charge in [-0.05, 0) is 49.9 Å². The van der Waals surface area contributed by atoms with Crippen LogP contribution >= 0.6 is 0 Å². The predicted molar refractivity (Wildman–Crippen MR) is 101 cm³/mol. The van der Waals surface area contributed by atoms with Crippen molar-refractivity contribution in [2.24, 2.45) is 0 Å². The van der Waals surface area contributed by atoms with Crippen molar-refractivity contribution in [3.8, 4) is 12.3 Å². The van der Waals surface area contributed by atoms with Crippen LogP contribution in [0.5, 0.6) is 0 Å². The molecule has 3 rings (SSSR count). The van der Waals surface area contributed by atoms with Crippen molar-refractivity contribution in [3.63, 3.8) is 0 Å². The molecule has 0 radical (unpaired) electrons. The first kappa shape index (κ1) is 18.5. The van der Waals surface area contributed by atoms with Crippen molar-refractivity contribution in [2.45, 2.75) is 44.7 Å². The number of nitrogens with one attached hydrogen (secondary N) is 1. The highest BCUT2D eigenvalue weighted by Gasteiger charge is 2.27. The summed E-state index contributed by atoms with van der Waals surface area (Å²) in [6.07, 6.45) is 10.6. The van der Waals surface area contributed by atoms with Gasteiger partial charge in [0.05, 0.1) is 12.6 Å². The van der Waals surface area contributed by atoms with E-state index in [0.717, 1.165) is 62.9 Å². The van der Waals surface area contributed by atoms with Gasteiger partial charge in [-0.1, -0.05) is 24.5 Å². The van der Waals surface area contributed by atoms with Gasteiger partial charge in [-0.25, -0.2) is 0 Å². The van der Waals surface area contributed by atoms with E-state index in [1.165, 1.54) is 0 Å². The van der Waals surface area contributed by atoms with E-state index in [1.54, 1.807) is 0 Å². The molecule has 2 aliphatic heterocycles. The topological polar surface area (TPSA) is 52.7 Å². The molecule has 1 N–H and O–H groups in total. The van der Waals surface area contributed by atoms with Crippen LogP contribution in [0.1, 0.15) is 48.0 Å². The second-order valence-corrected chi connectivity index (χ2v) is 7.10. The standard InChI is InChI=1S/C21H27N3O2/c1-2-12-23-13-4-3-7-19(23)20(25)22-16-17-8-10-18(11-9-17)21(26)24-14-5-6-15-24/h1,8-11,19H,3-7,12-16H2,(H,22,25). The molecule has 1 atom stereocenters. The third-order valence-electron chi connectivity index (χ3n) is 5.27. The van der Waals surface area contributed by atoms with Crippen LogP contribution < -0.4 is 5.32 Å². The fourth-order valence-electron chi connectivity index (χ4n) is 3.77. The van der Waals surface area contributed by atoms with Gasteiger partial charge >= 0.3 is 0 Å². The number of carbonyl (C=O) groups is 2. The first-order valence-corrected chi connectivity index (χ1v) is 9.52. The molecule has 0 aliphatic carbocycles. The summed E-state index contributed by atoms with van der Waals surface area (Å²) in [5.74, 6) is 2.79. The van der Waals surface area contributed by atoms with Gasteiger partial charge in [0.1, 0.15) is 0 Å². The third kappa shape index (κ3) is 4.44. The molecule has 0 spiro atoms. The molecule has 2 aliphatic rings. The van der Waals surface area contributed by atoms with Crippen LogP contribution in [0.4, 0.5) is 0 Å².